The van der Waals surface area contributed by atoms with Crippen molar-refractivity contribution in [1.29, 1.82) is 0 Å². The number of ketones is 1. The third kappa shape index (κ3) is 2.81. The molecule has 0 radical (unpaired) electrons. The van der Waals surface area contributed by atoms with Gasteiger partial charge < -0.3 is 4.74 Å². The number of Topliss-reactive ketones (excluding diaryl/α,β-unsaturated/α-hetero) is 1. The number of aryl methyl sites for hydroxylation is 1. The van der Waals surface area contributed by atoms with Gasteiger partial charge in [-0.2, -0.15) is 0 Å². The van der Waals surface area contributed by atoms with Crippen LogP contribution >= 0.6 is 0 Å². The van der Waals surface area contributed by atoms with Crippen LogP contribution in [0, 0.1) is 0 Å². The Kier molecular flexibility index (Phi) is 3.95. The Morgan fingerprint density at radius 2 is 2.05 bits per heavy atom. The Balaban J connectivity index is 2.48. The summed E-state index contributed by atoms with van der Waals surface area (Å²) < 4.78 is 5.24. The Bertz CT molecular complexity index is 605. The van der Waals surface area contributed by atoms with Crippen molar-refractivity contribution in [3.63, 3.8) is 0 Å². The summed E-state index contributed by atoms with van der Waals surface area (Å²) >= 11 is 0. The number of pyridine rings is 1. The van der Waals surface area contributed by atoms with E-state index in [2.05, 4.69) is 24.0 Å². The van der Waals surface area contributed by atoms with Crippen molar-refractivity contribution in [2.75, 3.05) is 7.11 Å². The molecule has 0 aliphatic carbocycles. The Labute approximate surface area is 113 Å². The zero-order valence-electron chi connectivity index (χ0n) is 11.4. The zero-order chi connectivity index (χ0) is 13.8. The SMILES string of the molecule is CCc1cccc(-c2cnc(C(C)=O)c(OC)c2)c1. The fraction of sp³-hybridized carbons (Fsp3) is 0.250. The van der Waals surface area contributed by atoms with Crippen LogP contribution in [0.4, 0.5) is 0 Å². The molecule has 3 nitrogen and oxygen atoms in total. The second-order valence-corrected chi connectivity index (χ2v) is 4.38. The smallest absolute Gasteiger partial charge is 0.181 e. The summed E-state index contributed by atoms with van der Waals surface area (Å²) in [7, 11) is 1.55. The normalized spacial score (nSPS) is 10.3. The van der Waals surface area contributed by atoms with E-state index in [1.54, 1.807) is 13.3 Å². The molecule has 2 aromatic rings. The molecule has 3 heteroatoms. The first kappa shape index (κ1) is 13.3. The molecule has 0 N–H and O–H groups in total. The van der Waals surface area contributed by atoms with Crippen molar-refractivity contribution in [3.8, 4) is 16.9 Å². The lowest BCUT2D eigenvalue weighted by atomic mass is 10.0. The Hall–Kier alpha value is -2.16. The standard InChI is InChI=1S/C16H17NO2/c1-4-12-6-5-7-13(8-12)14-9-15(19-3)16(11(2)18)17-10-14/h5-10H,4H2,1-3H3. The number of rotatable bonds is 4. The lowest BCUT2D eigenvalue weighted by molar-refractivity contribution is 0.101. The van der Waals surface area contributed by atoms with E-state index in [1.165, 1.54) is 12.5 Å². The molecular weight excluding hydrogens is 238 g/mol. The highest BCUT2D eigenvalue weighted by molar-refractivity contribution is 5.95. The summed E-state index contributed by atoms with van der Waals surface area (Å²) in [5.41, 5.74) is 3.68. The van der Waals surface area contributed by atoms with Gasteiger partial charge in [-0.1, -0.05) is 31.2 Å². The van der Waals surface area contributed by atoms with Crippen LogP contribution in [0.2, 0.25) is 0 Å². The van der Waals surface area contributed by atoms with Gasteiger partial charge in [-0.05, 0) is 23.6 Å². The second kappa shape index (κ2) is 5.65. The molecule has 0 bridgehead atoms. The molecule has 1 heterocycles. The van der Waals surface area contributed by atoms with Crippen LogP contribution in [0.25, 0.3) is 11.1 Å². The van der Waals surface area contributed by atoms with Crippen molar-refractivity contribution in [2.24, 2.45) is 0 Å². The van der Waals surface area contributed by atoms with Gasteiger partial charge in [-0.25, -0.2) is 4.98 Å². The van der Waals surface area contributed by atoms with Gasteiger partial charge in [0.1, 0.15) is 11.4 Å². The highest BCUT2D eigenvalue weighted by Gasteiger charge is 2.11. The fourth-order valence-electron chi connectivity index (χ4n) is 1.99. The maximum Gasteiger partial charge on any atom is 0.181 e. The molecule has 0 fully saturated rings. The highest BCUT2D eigenvalue weighted by atomic mass is 16.5. The van der Waals surface area contributed by atoms with Crippen molar-refractivity contribution in [3.05, 3.63) is 47.8 Å². The van der Waals surface area contributed by atoms with E-state index >= 15 is 0 Å². The third-order valence-electron chi connectivity index (χ3n) is 3.07. The molecule has 2 rings (SSSR count). The number of hydrogen-bond donors (Lipinski definition) is 0. The predicted molar refractivity (Wildman–Crippen MR) is 75.6 cm³/mol. The molecule has 1 aromatic carbocycles. The quantitative estimate of drug-likeness (QED) is 0.785. The molecule has 19 heavy (non-hydrogen) atoms. The van der Waals surface area contributed by atoms with E-state index in [1.807, 2.05) is 18.2 Å². The summed E-state index contributed by atoms with van der Waals surface area (Å²) in [4.78, 5) is 15.6. The van der Waals surface area contributed by atoms with Gasteiger partial charge in [0.25, 0.3) is 0 Å². The number of hydrogen-bond acceptors (Lipinski definition) is 3. The van der Waals surface area contributed by atoms with Gasteiger partial charge in [0.15, 0.2) is 5.78 Å². The molecule has 0 amide bonds. The number of ether oxygens (including phenoxy) is 1. The van der Waals surface area contributed by atoms with Gasteiger partial charge in [0, 0.05) is 18.7 Å². The molecule has 0 atom stereocenters. The van der Waals surface area contributed by atoms with Crippen LogP contribution in [-0.2, 0) is 6.42 Å². The maximum atomic E-state index is 11.4. The first-order valence-electron chi connectivity index (χ1n) is 6.30. The molecule has 1 aromatic heterocycles. The minimum atomic E-state index is -0.0919. The minimum absolute atomic E-state index is 0.0919. The van der Waals surface area contributed by atoms with Crippen molar-refractivity contribution in [1.82, 2.24) is 4.98 Å². The van der Waals surface area contributed by atoms with Crippen LogP contribution in [0.3, 0.4) is 0 Å². The van der Waals surface area contributed by atoms with Crippen molar-refractivity contribution in [2.45, 2.75) is 20.3 Å². The molecule has 0 aliphatic heterocycles. The number of methoxy groups -OCH3 is 1. The average Bonchev–Trinajstić information content (AvgIpc) is 2.46. The molecule has 0 unspecified atom stereocenters. The largest absolute Gasteiger partial charge is 0.494 e. The first-order chi connectivity index (χ1) is 9.15. The number of carbonyl (C=O) groups is 1. The lowest BCUT2D eigenvalue weighted by Gasteiger charge is -2.08. The molecule has 0 saturated heterocycles. The second-order valence-electron chi connectivity index (χ2n) is 4.38. The number of benzene rings is 1. The number of carbonyl (C=O) groups excluding carboxylic acids is 1. The Morgan fingerprint density at radius 3 is 2.68 bits per heavy atom. The molecule has 0 aliphatic rings. The van der Waals surface area contributed by atoms with E-state index in [9.17, 15) is 4.79 Å². The predicted octanol–water partition coefficient (Wildman–Crippen LogP) is 3.52. The monoisotopic (exact) mass is 255 g/mol. The van der Waals surface area contributed by atoms with Gasteiger partial charge in [0.05, 0.1) is 7.11 Å². The van der Waals surface area contributed by atoms with E-state index < -0.39 is 0 Å². The van der Waals surface area contributed by atoms with Crippen molar-refractivity contribution < 1.29 is 9.53 Å². The van der Waals surface area contributed by atoms with Gasteiger partial charge >= 0.3 is 0 Å². The van der Waals surface area contributed by atoms with Gasteiger partial charge in [-0.3, -0.25) is 4.79 Å². The summed E-state index contributed by atoms with van der Waals surface area (Å²) in [5.74, 6) is 0.428. The van der Waals surface area contributed by atoms with Crippen LogP contribution < -0.4 is 4.74 Å². The van der Waals surface area contributed by atoms with Gasteiger partial charge in [-0.15, -0.1) is 0 Å². The summed E-state index contributed by atoms with van der Waals surface area (Å²) in [6.07, 6.45) is 2.71. The topological polar surface area (TPSA) is 39.2 Å². The highest BCUT2D eigenvalue weighted by Crippen LogP contribution is 2.26. The van der Waals surface area contributed by atoms with Crippen LogP contribution in [-0.4, -0.2) is 17.9 Å². The van der Waals surface area contributed by atoms with Crippen LogP contribution in [0.1, 0.15) is 29.9 Å². The third-order valence-corrected chi connectivity index (χ3v) is 3.07. The van der Waals surface area contributed by atoms with Crippen LogP contribution in [0.5, 0.6) is 5.75 Å². The fourth-order valence-corrected chi connectivity index (χ4v) is 1.99. The van der Waals surface area contributed by atoms with E-state index in [0.29, 0.717) is 11.4 Å². The zero-order valence-corrected chi connectivity index (χ0v) is 11.4. The molecule has 0 saturated carbocycles. The summed E-state index contributed by atoms with van der Waals surface area (Å²) in [5, 5.41) is 0. The van der Waals surface area contributed by atoms with E-state index in [-0.39, 0.29) is 5.78 Å². The summed E-state index contributed by atoms with van der Waals surface area (Å²) in [6.45, 7) is 3.61. The molecule has 0 spiro atoms. The van der Waals surface area contributed by atoms with Crippen LogP contribution in [0.15, 0.2) is 36.5 Å². The number of nitrogens with zero attached hydrogens (tertiary/aromatic N) is 1. The number of aromatic nitrogens is 1. The lowest BCUT2D eigenvalue weighted by Crippen LogP contribution is -2.01. The average molecular weight is 255 g/mol. The summed E-state index contributed by atoms with van der Waals surface area (Å²) in [6, 6.07) is 10.1. The maximum absolute atomic E-state index is 11.4. The van der Waals surface area contributed by atoms with Gasteiger partial charge in [0.2, 0.25) is 0 Å². The first-order valence-corrected chi connectivity index (χ1v) is 6.30. The van der Waals surface area contributed by atoms with Crippen molar-refractivity contribution >= 4 is 5.78 Å². The minimum Gasteiger partial charge on any atom is -0.494 e. The molecule has 98 valence electrons. The molecular formula is C16H17NO2. The Morgan fingerprint density at radius 1 is 1.26 bits per heavy atom. The van der Waals surface area contributed by atoms with E-state index in [0.717, 1.165) is 17.5 Å². The van der Waals surface area contributed by atoms with E-state index in [4.69, 9.17) is 4.74 Å².